The summed E-state index contributed by atoms with van der Waals surface area (Å²) in [5.74, 6) is 0.500. The molecule has 21 heavy (non-hydrogen) atoms. The Morgan fingerprint density at radius 2 is 2.00 bits per heavy atom. The van der Waals surface area contributed by atoms with Crippen molar-refractivity contribution in [2.75, 3.05) is 6.61 Å². The summed E-state index contributed by atoms with van der Waals surface area (Å²) in [7, 11) is 0. The second-order valence-electron chi connectivity index (χ2n) is 5.38. The third-order valence-corrected chi connectivity index (χ3v) is 3.15. The monoisotopic (exact) mass is 332 g/mol. The van der Waals surface area contributed by atoms with E-state index in [1.807, 2.05) is 20.8 Å². The molecule has 0 aliphatic heterocycles. The van der Waals surface area contributed by atoms with Crippen LogP contribution < -0.4 is 15.8 Å². The molecule has 118 valence electrons. The van der Waals surface area contributed by atoms with Gasteiger partial charge in [0.15, 0.2) is 0 Å². The van der Waals surface area contributed by atoms with E-state index in [2.05, 4.69) is 5.32 Å². The third kappa shape index (κ3) is 6.55. The predicted molar refractivity (Wildman–Crippen MR) is 87.2 cm³/mol. The number of hydrogen-bond acceptors (Lipinski definition) is 3. The lowest BCUT2D eigenvalue weighted by molar-refractivity contribution is -0.122. The molecule has 0 bridgehead atoms. The van der Waals surface area contributed by atoms with Crippen LogP contribution in [-0.4, -0.2) is 24.6 Å². The van der Waals surface area contributed by atoms with Crippen molar-refractivity contribution in [3.63, 3.8) is 0 Å². The summed E-state index contributed by atoms with van der Waals surface area (Å²) in [4.78, 5) is 11.6. The van der Waals surface area contributed by atoms with E-state index in [4.69, 9.17) is 33.7 Å². The first-order chi connectivity index (χ1) is 9.79. The number of hydrogen-bond donors (Lipinski definition) is 2. The van der Waals surface area contributed by atoms with Gasteiger partial charge in [0.05, 0.1) is 18.1 Å². The van der Waals surface area contributed by atoms with Crippen LogP contribution >= 0.6 is 23.2 Å². The molecule has 3 N–H and O–H groups in total. The molecule has 1 aromatic rings. The molecule has 0 aliphatic carbocycles. The molecule has 0 aliphatic rings. The lowest BCUT2D eigenvalue weighted by Crippen LogP contribution is -2.31. The topological polar surface area (TPSA) is 64.3 Å². The van der Waals surface area contributed by atoms with Gasteiger partial charge in [-0.2, -0.15) is 0 Å². The van der Waals surface area contributed by atoms with Crippen molar-refractivity contribution in [1.82, 2.24) is 5.32 Å². The van der Waals surface area contributed by atoms with Gasteiger partial charge in [0.2, 0.25) is 5.91 Å². The van der Waals surface area contributed by atoms with Gasteiger partial charge in [-0.25, -0.2) is 0 Å². The summed E-state index contributed by atoms with van der Waals surface area (Å²) in [5.41, 5.74) is 6.67. The van der Waals surface area contributed by atoms with E-state index in [0.717, 1.165) is 5.56 Å². The van der Waals surface area contributed by atoms with Crippen molar-refractivity contribution in [2.45, 2.75) is 45.7 Å². The lowest BCUT2D eigenvalue weighted by Gasteiger charge is -2.15. The molecule has 0 saturated carbocycles. The number of amides is 1. The van der Waals surface area contributed by atoms with E-state index in [-0.39, 0.29) is 31.0 Å². The minimum Gasteiger partial charge on any atom is -0.491 e. The normalized spacial score (nSPS) is 12.3. The van der Waals surface area contributed by atoms with Gasteiger partial charge in [0.1, 0.15) is 5.75 Å². The molecule has 1 aromatic carbocycles. The Hall–Kier alpha value is -0.970. The van der Waals surface area contributed by atoms with Crippen LogP contribution in [0, 0.1) is 0 Å². The molecule has 0 saturated heterocycles. The molecule has 1 amide bonds. The van der Waals surface area contributed by atoms with Crippen LogP contribution in [0.4, 0.5) is 0 Å². The Balaban J connectivity index is 2.71. The van der Waals surface area contributed by atoms with Gasteiger partial charge in [-0.05, 0) is 44.9 Å². The Labute approximate surface area is 135 Å². The van der Waals surface area contributed by atoms with Crippen LogP contribution in [0.1, 0.15) is 32.8 Å². The number of nitrogens with one attached hydrogen (secondary N) is 1. The fourth-order valence-corrected chi connectivity index (χ4v) is 2.50. The first-order valence-corrected chi connectivity index (χ1v) is 7.70. The molecule has 0 aromatic heterocycles. The molecule has 4 nitrogen and oxygen atoms in total. The van der Waals surface area contributed by atoms with E-state index >= 15 is 0 Å². The maximum Gasteiger partial charge on any atom is 0.223 e. The van der Waals surface area contributed by atoms with E-state index < -0.39 is 0 Å². The largest absolute Gasteiger partial charge is 0.491 e. The average molecular weight is 333 g/mol. The Kier molecular flexibility index (Phi) is 7.29. The zero-order valence-electron chi connectivity index (χ0n) is 12.6. The van der Waals surface area contributed by atoms with Crippen molar-refractivity contribution in [1.29, 1.82) is 0 Å². The van der Waals surface area contributed by atoms with Crippen LogP contribution in [0.25, 0.3) is 0 Å². The number of halogens is 2. The van der Waals surface area contributed by atoms with E-state index in [9.17, 15) is 4.79 Å². The van der Waals surface area contributed by atoms with E-state index in [0.29, 0.717) is 22.2 Å². The molecule has 0 heterocycles. The Morgan fingerprint density at radius 3 is 2.57 bits per heavy atom. The van der Waals surface area contributed by atoms with Gasteiger partial charge in [0.25, 0.3) is 0 Å². The van der Waals surface area contributed by atoms with Gasteiger partial charge in [0, 0.05) is 17.1 Å². The zero-order chi connectivity index (χ0) is 16.0. The highest BCUT2D eigenvalue weighted by Crippen LogP contribution is 2.33. The highest BCUT2D eigenvalue weighted by molar-refractivity contribution is 6.35. The predicted octanol–water partition coefficient (Wildman–Crippen LogP) is 3.18. The van der Waals surface area contributed by atoms with Crippen LogP contribution in [0.2, 0.25) is 10.0 Å². The minimum absolute atomic E-state index is 0.0360. The Bertz CT molecular complexity index is 491. The van der Waals surface area contributed by atoms with Crippen molar-refractivity contribution >= 4 is 29.1 Å². The molecular formula is C15H22Cl2N2O2. The van der Waals surface area contributed by atoms with Gasteiger partial charge < -0.3 is 15.8 Å². The third-order valence-electron chi connectivity index (χ3n) is 2.65. The van der Waals surface area contributed by atoms with Crippen LogP contribution in [0.5, 0.6) is 5.75 Å². The first-order valence-electron chi connectivity index (χ1n) is 6.95. The molecule has 6 heteroatoms. The van der Waals surface area contributed by atoms with Crippen molar-refractivity contribution in [3.05, 3.63) is 27.7 Å². The summed E-state index contributed by atoms with van der Waals surface area (Å²) in [6.07, 6.45) is 0.878. The van der Waals surface area contributed by atoms with Gasteiger partial charge in [-0.1, -0.05) is 23.2 Å². The number of carbonyl (C=O) groups is 1. The van der Waals surface area contributed by atoms with Gasteiger partial charge in [-0.15, -0.1) is 0 Å². The number of ether oxygens (including phenoxy) is 1. The molecule has 1 rings (SSSR count). The second-order valence-corrected chi connectivity index (χ2v) is 6.22. The highest BCUT2D eigenvalue weighted by atomic mass is 35.5. The quantitative estimate of drug-likeness (QED) is 0.805. The maximum absolute atomic E-state index is 11.6. The SMILES string of the molecule is CC(N)Cc1cc(Cl)cc(Cl)c1OCCC(=O)NC(C)C. The summed E-state index contributed by atoms with van der Waals surface area (Å²) in [6.45, 7) is 5.98. The smallest absolute Gasteiger partial charge is 0.223 e. The van der Waals surface area contributed by atoms with Crippen molar-refractivity contribution in [2.24, 2.45) is 5.73 Å². The van der Waals surface area contributed by atoms with Crippen LogP contribution in [0.3, 0.4) is 0 Å². The molecule has 0 spiro atoms. The molecule has 0 fully saturated rings. The zero-order valence-corrected chi connectivity index (χ0v) is 14.1. The molecule has 1 unspecified atom stereocenters. The maximum atomic E-state index is 11.6. The van der Waals surface area contributed by atoms with E-state index in [1.165, 1.54) is 0 Å². The summed E-state index contributed by atoms with van der Waals surface area (Å²) < 4.78 is 5.67. The highest BCUT2D eigenvalue weighted by Gasteiger charge is 2.13. The summed E-state index contributed by atoms with van der Waals surface area (Å²) >= 11 is 12.2. The van der Waals surface area contributed by atoms with Gasteiger partial charge >= 0.3 is 0 Å². The fourth-order valence-electron chi connectivity index (χ4n) is 1.91. The summed E-state index contributed by atoms with van der Waals surface area (Å²) in [6, 6.07) is 3.49. The standard InChI is InChI=1S/C15H22Cl2N2O2/c1-9(2)19-14(20)4-5-21-15-11(6-10(3)18)7-12(16)8-13(15)17/h7-10H,4-6,18H2,1-3H3,(H,19,20). The summed E-state index contributed by atoms with van der Waals surface area (Å²) in [5, 5.41) is 3.78. The van der Waals surface area contributed by atoms with E-state index in [1.54, 1.807) is 12.1 Å². The number of benzene rings is 1. The van der Waals surface area contributed by atoms with Crippen LogP contribution in [0.15, 0.2) is 12.1 Å². The lowest BCUT2D eigenvalue weighted by atomic mass is 10.1. The molecular weight excluding hydrogens is 311 g/mol. The van der Waals surface area contributed by atoms with Crippen molar-refractivity contribution in [3.8, 4) is 5.75 Å². The first kappa shape index (κ1) is 18.1. The average Bonchev–Trinajstić information content (AvgIpc) is 2.30. The minimum atomic E-state index is -0.0520. The number of nitrogens with two attached hydrogens (primary N) is 1. The second kappa shape index (κ2) is 8.47. The number of carbonyl (C=O) groups excluding carboxylic acids is 1. The van der Waals surface area contributed by atoms with Gasteiger partial charge in [-0.3, -0.25) is 4.79 Å². The fraction of sp³-hybridized carbons (Fsp3) is 0.533. The Morgan fingerprint density at radius 1 is 1.33 bits per heavy atom. The molecule has 0 radical (unpaired) electrons. The van der Waals surface area contributed by atoms with Crippen molar-refractivity contribution < 1.29 is 9.53 Å². The number of rotatable bonds is 7. The molecule has 1 atom stereocenters. The van der Waals surface area contributed by atoms with Crippen LogP contribution in [-0.2, 0) is 11.2 Å².